The number of hydrogen-bond donors (Lipinski definition) is 0. The van der Waals surface area contributed by atoms with Crippen LogP contribution in [0, 0.1) is 0 Å². The fourth-order valence-corrected chi connectivity index (χ4v) is 5.46. The molecule has 0 saturated heterocycles. The van der Waals surface area contributed by atoms with Crippen molar-refractivity contribution in [1.29, 1.82) is 0 Å². The summed E-state index contributed by atoms with van der Waals surface area (Å²) in [6.07, 6.45) is 0. The van der Waals surface area contributed by atoms with Gasteiger partial charge in [-0.25, -0.2) is 8.42 Å². The Labute approximate surface area is 154 Å². The monoisotopic (exact) mass is 421 g/mol. The summed E-state index contributed by atoms with van der Waals surface area (Å²) in [6, 6.07) is 18.6. The van der Waals surface area contributed by atoms with Gasteiger partial charge >= 0.3 is 0 Å². The summed E-state index contributed by atoms with van der Waals surface area (Å²) in [7, 11) is -1.96. The predicted molar refractivity (Wildman–Crippen MR) is 102 cm³/mol. The maximum absolute atomic E-state index is 13.0. The molecule has 2 aromatic carbocycles. The maximum atomic E-state index is 13.0. The number of halogens is 1. The second-order valence-electron chi connectivity index (χ2n) is 5.32. The summed E-state index contributed by atoms with van der Waals surface area (Å²) in [6.45, 7) is 0. The van der Waals surface area contributed by atoms with Crippen LogP contribution < -0.4 is 0 Å². The molecule has 3 aromatic rings. The van der Waals surface area contributed by atoms with Gasteiger partial charge in [0.25, 0.3) is 0 Å². The Kier molecular flexibility index (Phi) is 5.20. The Hall–Kier alpha value is -1.47. The lowest BCUT2D eigenvalue weighted by Crippen LogP contribution is -2.32. The highest BCUT2D eigenvalue weighted by atomic mass is 79.9. The summed E-state index contributed by atoms with van der Waals surface area (Å²) in [4.78, 5) is 0.322. The highest BCUT2D eigenvalue weighted by Crippen LogP contribution is 2.35. The van der Waals surface area contributed by atoms with Crippen molar-refractivity contribution < 1.29 is 8.42 Å². The SMILES string of the molecule is CN(C(c1ccccc1)c1ccccc1Br)S(=O)(=O)c1ccsc1. The smallest absolute Gasteiger partial charge is 0.207 e. The number of rotatable bonds is 5. The fraction of sp³-hybridized carbons (Fsp3) is 0.111. The zero-order chi connectivity index (χ0) is 17.2. The average Bonchev–Trinajstić information content (AvgIpc) is 3.13. The molecule has 1 unspecified atom stereocenters. The molecule has 3 nitrogen and oxygen atoms in total. The molecular formula is C18H16BrNO2S2. The van der Waals surface area contributed by atoms with Crippen LogP contribution in [0.3, 0.4) is 0 Å². The van der Waals surface area contributed by atoms with Crippen LogP contribution in [0.15, 0.2) is 80.8 Å². The van der Waals surface area contributed by atoms with Crippen molar-refractivity contribution in [2.45, 2.75) is 10.9 Å². The summed E-state index contributed by atoms with van der Waals surface area (Å²) < 4.78 is 28.3. The first-order chi connectivity index (χ1) is 11.5. The molecular weight excluding hydrogens is 406 g/mol. The second-order valence-corrected chi connectivity index (χ2v) is 8.95. The first-order valence-corrected chi connectivity index (χ1v) is 10.5. The molecule has 0 N–H and O–H groups in total. The van der Waals surface area contributed by atoms with Gasteiger partial charge in [0.2, 0.25) is 10.0 Å². The largest absolute Gasteiger partial charge is 0.244 e. The number of nitrogens with zero attached hydrogens (tertiary/aromatic N) is 1. The van der Waals surface area contributed by atoms with E-state index >= 15 is 0 Å². The lowest BCUT2D eigenvalue weighted by atomic mass is 9.99. The molecule has 0 aliphatic heterocycles. The van der Waals surface area contributed by atoms with Crippen molar-refractivity contribution >= 4 is 37.3 Å². The minimum absolute atomic E-state index is 0.322. The Morgan fingerprint density at radius 1 is 1.00 bits per heavy atom. The summed E-state index contributed by atoms with van der Waals surface area (Å²) >= 11 is 4.93. The van der Waals surface area contributed by atoms with Gasteiger partial charge in [0.05, 0.1) is 10.9 Å². The highest BCUT2D eigenvalue weighted by molar-refractivity contribution is 9.10. The van der Waals surface area contributed by atoms with Gasteiger partial charge in [0.15, 0.2) is 0 Å². The van der Waals surface area contributed by atoms with Crippen molar-refractivity contribution in [3.8, 4) is 0 Å². The molecule has 0 fully saturated rings. The van der Waals surface area contributed by atoms with Crippen LogP contribution in [-0.4, -0.2) is 19.8 Å². The van der Waals surface area contributed by atoms with Gasteiger partial charge in [-0.3, -0.25) is 0 Å². The van der Waals surface area contributed by atoms with Crippen LogP contribution in [0.5, 0.6) is 0 Å². The maximum Gasteiger partial charge on any atom is 0.244 e. The minimum Gasteiger partial charge on any atom is -0.207 e. The second kappa shape index (κ2) is 7.19. The Bertz CT molecular complexity index is 909. The lowest BCUT2D eigenvalue weighted by molar-refractivity contribution is 0.417. The Morgan fingerprint density at radius 2 is 1.67 bits per heavy atom. The van der Waals surface area contributed by atoms with Gasteiger partial charge in [0.1, 0.15) is 0 Å². The first-order valence-electron chi connectivity index (χ1n) is 7.31. The van der Waals surface area contributed by atoms with Gasteiger partial charge in [-0.1, -0.05) is 64.5 Å². The predicted octanol–water partition coefficient (Wildman–Crippen LogP) is 4.92. The molecule has 0 radical (unpaired) electrons. The van der Waals surface area contributed by atoms with Gasteiger partial charge in [0, 0.05) is 16.9 Å². The van der Waals surface area contributed by atoms with E-state index in [0.29, 0.717) is 4.90 Å². The molecule has 124 valence electrons. The third-order valence-electron chi connectivity index (χ3n) is 3.85. The molecule has 1 aromatic heterocycles. The normalized spacial score (nSPS) is 13.1. The molecule has 0 bridgehead atoms. The molecule has 3 rings (SSSR count). The molecule has 0 aliphatic carbocycles. The van der Waals surface area contributed by atoms with Crippen LogP contribution >= 0.6 is 27.3 Å². The van der Waals surface area contributed by atoms with E-state index < -0.39 is 16.1 Å². The van der Waals surface area contributed by atoms with E-state index in [1.54, 1.807) is 23.9 Å². The van der Waals surface area contributed by atoms with Crippen molar-refractivity contribution in [1.82, 2.24) is 4.31 Å². The lowest BCUT2D eigenvalue weighted by Gasteiger charge is -2.29. The molecule has 0 spiro atoms. The molecule has 24 heavy (non-hydrogen) atoms. The third kappa shape index (κ3) is 3.32. The van der Waals surface area contributed by atoms with Crippen LogP contribution in [0.4, 0.5) is 0 Å². The van der Waals surface area contributed by atoms with Crippen LogP contribution in [0.25, 0.3) is 0 Å². The summed E-state index contributed by atoms with van der Waals surface area (Å²) in [5.74, 6) is 0. The van der Waals surface area contributed by atoms with E-state index in [2.05, 4.69) is 15.9 Å². The Morgan fingerprint density at radius 3 is 2.29 bits per heavy atom. The molecule has 1 heterocycles. The average molecular weight is 422 g/mol. The van der Waals surface area contributed by atoms with Gasteiger partial charge in [-0.2, -0.15) is 15.6 Å². The van der Waals surface area contributed by atoms with Gasteiger partial charge in [-0.05, 0) is 28.6 Å². The number of benzene rings is 2. The molecule has 0 amide bonds. The van der Waals surface area contributed by atoms with E-state index in [-0.39, 0.29) is 0 Å². The van der Waals surface area contributed by atoms with Crippen LogP contribution in [0.2, 0.25) is 0 Å². The van der Waals surface area contributed by atoms with Crippen LogP contribution in [-0.2, 0) is 10.0 Å². The van der Waals surface area contributed by atoms with Gasteiger partial charge < -0.3 is 0 Å². The molecule has 0 aliphatic rings. The summed E-state index contributed by atoms with van der Waals surface area (Å²) in [5, 5.41) is 3.44. The standard InChI is InChI=1S/C18H16BrNO2S2/c1-20(24(21,22)15-11-12-23-13-15)18(14-7-3-2-4-8-14)16-9-5-6-10-17(16)19/h2-13,18H,1H3. The van der Waals surface area contributed by atoms with Crippen LogP contribution in [0.1, 0.15) is 17.2 Å². The van der Waals surface area contributed by atoms with Crippen molar-refractivity contribution in [3.63, 3.8) is 0 Å². The van der Waals surface area contributed by atoms with E-state index in [4.69, 9.17) is 0 Å². The topological polar surface area (TPSA) is 37.4 Å². The van der Waals surface area contributed by atoms with E-state index in [0.717, 1.165) is 15.6 Å². The number of thiophene rings is 1. The summed E-state index contributed by atoms with van der Waals surface area (Å²) in [5.41, 5.74) is 1.83. The zero-order valence-corrected chi connectivity index (χ0v) is 16.2. The minimum atomic E-state index is -3.59. The number of hydrogen-bond acceptors (Lipinski definition) is 3. The molecule has 6 heteroatoms. The fourth-order valence-electron chi connectivity index (χ4n) is 2.62. The highest BCUT2D eigenvalue weighted by Gasteiger charge is 2.31. The van der Waals surface area contributed by atoms with E-state index in [1.807, 2.05) is 54.6 Å². The van der Waals surface area contributed by atoms with Gasteiger partial charge in [-0.15, -0.1) is 0 Å². The van der Waals surface area contributed by atoms with E-state index in [1.165, 1.54) is 15.6 Å². The first kappa shape index (κ1) is 17.4. The Balaban J connectivity index is 2.14. The van der Waals surface area contributed by atoms with Crippen molar-refractivity contribution in [2.24, 2.45) is 0 Å². The third-order valence-corrected chi connectivity index (χ3v) is 7.22. The quantitative estimate of drug-likeness (QED) is 0.585. The zero-order valence-electron chi connectivity index (χ0n) is 13.0. The number of sulfonamides is 1. The van der Waals surface area contributed by atoms with Crippen molar-refractivity contribution in [3.05, 3.63) is 87.0 Å². The van der Waals surface area contributed by atoms with Crippen molar-refractivity contribution in [2.75, 3.05) is 7.05 Å². The molecule has 0 saturated carbocycles. The van der Waals surface area contributed by atoms with E-state index in [9.17, 15) is 8.42 Å². The molecule has 1 atom stereocenters.